The molecule has 0 bridgehead atoms. The maximum atomic E-state index is 14.8. The van der Waals surface area contributed by atoms with Gasteiger partial charge in [0, 0.05) is 18.2 Å². The molecule has 2 heterocycles. The van der Waals surface area contributed by atoms with Gasteiger partial charge < -0.3 is 9.30 Å². The maximum absolute atomic E-state index is 14.8. The highest BCUT2D eigenvalue weighted by molar-refractivity contribution is 5.93. The van der Waals surface area contributed by atoms with Gasteiger partial charge in [0.2, 0.25) is 5.43 Å². The molecule has 2 unspecified atom stereocenters. The summed E-state index contributed by atoms with van der Waals surface area (Å²) in [4.78, 5) is 40.2. The molecule has 4 rings (SSSR count). The number of hydrogen-bond acceptors (Lipinski definition) is 6. The van der Waals surface area contributed by atoms with E-state index < -0.39 is 17.2 Å². The van der Waals surface area contributed by atoms with Crippen LogP contribution < -0.4 is 5.43 Å². The van der Waals surface area contributed by atoms with Gasteiger partial charge in [0.05, 0.1) is 23.7 Å². The van der Waals surface area contributed by atoms with Gasteiger partial charge in [-0.05, 0) is 45.1 Å². The Morgan fingerprint density at radius 2 is 2.15 bits per heavy atom. The number of halogens is 1. The molecule has 2 saturated carbocycles. The van der Waals surface area contributed by atoms with Gasteiger partial charge in [-0.1, -0.05) is 5.18 Å². The van der Waals surface area contributed by atoms with Crippen molar-refractivity contribution in [1.82, 2.24) is 9.55 Å². The molecule has 0 N–H and O–H groups in total. The lowest BCUT2D eigenvalue weighted by Crippen LogP contribution is -2.22. The number of esters is 1. The standard InChI is InChI=1S/C19H20FN3O4/c1-2-27-19(25)14-9-23(12-5-6-12)18-13(17(14)24)8-15(20)16(21-18)10-3-4-11(7-10)22-26/h8-12H,2-7H2,1H3. The topological polar surface area (TPSA) is 90.6 Å². The Labute approximate surface area is 154 Å². The number of rotatable bonds is 5. The van der Waals surface area contributed by atoms with E-state index in [1.165, 1.54) is 12.3 Å². The molecular weight excluding hydrogens is 353 g/mol. The van der Waals surface area contributed by atoms with Crippen molar-refractivity contribution in [2.45, 2.75) is 57.0 Å². The second kappa shape index (κ2) is 6.83. The van der Waals surface area contributed by atoms with Crippen molar-refractivity contribution < 1.29 is 13.9 Å². The van der Waals surface area contributed by atoms with Gasteiger partial charge >= 0.3 is 5.97 Å². The van der Waals surface area contributed by atoms with Crippen molar-refractivity contribution in [2.75, 3.05) is 6.61 Å². The third-order valence-electron chi connectivity index (χ3n) is 5.36. The number of pyridine rings is 2. The van der Waals surface area contributed by atoms with Crippen molar-refractivity contribution in [1.29, 1.82) is 0 Å². The molecule has 8 heteroatoms. The fraction of sp³-hybridized carbons (Fsp3) is 0.526. The molecule has 142 valence electrons. The van der Waals surface area contributed by atoms with Crippen LogP contribution in [0.15, 0.2) is 22.2 Å². The average Bonchev–Trinajstić information content (AvgIpc) is 3.39. The van der Waals surface area contributed by atoms with E-state index in [-0.39, 0.29) is 41.3 Å². The minimum atomic E-state index is -0.709. The molecule has 27 heavy (non-hydrogen) atoms. The Bertz CT molecular complexity index is 983. The van der Waals surface area contributed by atoms with E-state index in [2.05, 4.69) is 10.2 Å². The van der Waals surface area contributed by atoms with Gasteiger partial charge in [-0.3, -0.25) is 4.79 Å². The Hall–Kier alpha value is -2.64. The van der Waals surface area contributed by atoms with Crippen molar-refractivity contribution in [3.63, 3.8) is 0 Å². The largest absolute Gasteiger partial charge is 0.462 e. The summed E-state index contributed by atoms with van der Waals surface area (Å²) in [7, 11) is 0. The molecule has 0 spiro atoms. The second-order valence-corrected chi connectivity index (χ2v) is 7.23. The zero-order valence-corrected chi connectivity index (χ0v) is 15.0. The SMILES string of the molecule is CCOC(=O)c1cn(C2CC2)c2nc(C3CCC(N=O)C3)c(F)cc2c1=O. The van der Waals surface area contributed by atoms with Crippen LogP contribution in [0.4, 0.5) is 4.39 Å². The predicted octanol–water partition coefficient (Wildman–Crippen LogP) is 3.45. The van der Waals surface area contributed by atoms with Crippen LogP contribution in [0.1, 0.15) is 67.0 Å². The van der Waals surface area contributed by atoms with E-state index in [4.69, 9.17) is 4.74 Å². The van der Waals surface area contributed by atoms with Crippen LogP contribution in [-0.2, 0) is 4.74 Å². The highest BCUT2D eigenvalue weighted by atomic mass is 19.1. The number of nitrogens with zero attached hydrogens (tertiary/aromatic N) is 3. The molecule has 0 aromatic carbocycles. The summed E-state index contributed by atoms with van der Waals surface area (Å²) in [5.41, 5.74) is -0.0192. The van der Waals surface area contributed by atoms with Crippen molar-refractivity contribution in [3.8, 4) is 0 Å². The van der Waals surface area contributed by atoms with Gasteiger partial charge in [0.1, 0.15) is 17.0 Å². The monoisotopic (exact) mass is 373 g/mol. The number of carbonyl (C=O) groups excluding carboxylic acids is 1. The number of ether oxygens (including phenoxy) is 1. The lowest BCUT2D eigenvalue weighted by atomic mass is 10.0. The average molecular weight is 373 g/mol. The van der Waals surface area contributed by atoms with Crippen molar-refractivity contribution in [3.05, 3.63) is 44.5 Å². The fourth-order valence-corrected chi connectivity index (χ4v) is 3.83. The minimum absolute atomic E-state index is 0.0803. The Morgan fingerprint density at radius 3 is 2.78 bits per heavy atom. The molecule has 2 atom stereocenters. The van der Waals surface area contributed by atoms with Crippen LogP contribution in [0.5, 0.6) is 0 Å². The number of hydrogen-bond donors (Lipinski definition) is 0. The molecule has 0 radical (unpaired) electrons. The molecule has 0 amide bonds. The molecule has 2 fully saturated rings. The van der Waals surface area contributed by atoms with Crippen LogP contribution in [-0.4, -0.2) is 28.2 Å². The summed E-state index contributed by atoms with van der Waals surface area (Å²) in [5.74, 6) is -1.48. The Morgan fingerprint density at radius 1 is 1.37 bits per heavy atom. The zero-order valence-electron chi connectivity index (χ0n) is 15.0. The molecule has 2 aliphatic carbocycles. The van der Waals surface area contributed by atoms with E-state index in [0.717, 1.165) is 12.8 Å². The Balaban J connectivity index is 1.87. The van der Waals surface area contributed by atoms with Crippen LogP contribution in [0.3, 0.4) is 0 Å². The lowest BCUT2D eigenvalue weighted by molar-refractivity contribution is 0.0524. The highest BCUT2D eigenvalue weighted by Gasteiger charge is 2.32. The normalized spacial score (nSPS) is 22.1. The van der Waals surface area contributed by atoms with Crippen LogP contribution >= 0.6 is 0 Å². The van der Waals surface area contributed by atoms with Gasteiger partial charge in [-0.25, -0.2) is 14.2 Å². The molecule has 2 aromatic heterocycles. The summed E-state index contributed by atoms with van der Waals surface area (Å²) in [6, 6.07) is 0.993. The molecule has 2 aromatic rings. The summed E-state index contributed by atoms with van der Waals surface area (Å²) in [6.45, 7) is 1.81. The summed E-state index contributed by atoms with van der Waals surface area (Å²) in [5, 5.41) is 3.15. The van der Waals surface area contributed by atoms with Crippen LogP contribution in [0.2, 0.25) is 0 Å². The first kappa shape index (κ1) is 17.8. The van der Waals surface area contributed by atoms with E-state index in [1.807, 2.05) is 0 Å². The fourth-order valence-electron chi connectivity index (χ4n) is 3.83. The molecule has 7 nitrogen and oxygen atoms in total. The second-order valence-electron chi connectivity index (χ2n) is 7.23. The highest BCUT2D eigenvalue weighted by Crippen LogP contribution is 2.39. The first-order valence-electron chi connectivity index (χ1n) is 9.28. The molecular formula is C19H20FN3O4. The third kappa shape index (κ3) is 3.13. The third-order valence-corrected chi connectivity index (χ3v) is 5.36. The van der Waals surface area contributed by atoms with Gasteiger partial charge in [-0.2, -0.15) is 4.91 Å². The predicted molar refractivity (Wildman–Crippen MR) is 96.4 cm³/mol. The minimum Gasteiger partial charge on any atom is -0.462 e. The number of aromatic nitrogens is 2. The number of fused-ring (bicyclic) bond motifs is 1. The lowest BCUT2D eigenvalue weighted by Gasteiger charge is -2.15. The van der Waals surface area contributed by atoms with Gasteiger partial charge in [0.15, 0.2) is 0 Å². The number of carbonyl (C=O) groups is 1. The maximum Gasteiger partial charge on any atom is 0.343 e. The Kier molecular flexibility index (Phi) is 4.49. The summed E-state index contributed by atoms with van der Waals surface area (Å²) in [6.07, 6.45) is 5.03. The van der Waals surface area contributed by atoms with Crippen LogP contribution in [0, 0.1) is 10.7 Å². The number of nitroso groups, excluding NO2 is 1. The molecule has 2 aliphatic rings. The molecule has 0 saturated heterocycles. The summed E-state index contributed by atoms with van der Waals surface area (Å²) >= 11 is 0. The first-order valence-corrected chi connectivity index (χ1v) is 9.28. The summed E-state index contributed by atoms with van der Waals surface area (Å²) < 4.78 is 21.5. The first-order chi connectivity index (χ1) is 13.0. The van der Waals surface area contributed by atoms with Crippen LogP contribution in [0.25, 0.3) is 11.0 Å². The quantitative estimate of drug-likeness (QED) is 0.591. The molecule has 0 aliphatic heterocycles. The van der Waals surface area contributed by atoms with E-state index in [1.54, 1.807) is 11.5 Å². The van der Waals surface area contributed by atoms with Gasteiger partial charge in [-0.15, -0.1) is 0 Å². The van der Waals surface area contributed by atoms with E-state index in [9.17, 15) is 18.9 Å². The van der Waals surface area contributed by atoms with Gasteiger partial charge in [0.25, 0.3) is 0 Å². The van der Waals surface area contributed by atoms with Crippen molar-refractivity contribution in [2.24, 2.45) is 5.18 Å². The smallest absolute Gasteiger partial charge is 0.343 e. The van der Waals surface area contributed by atoms with E-state index in [0.29, 0.717) is 24.9 Å². The van der Waals surface area contributed by atoms with Crippen molar-refractivity contribution >= 4 is 17.0 Å². The zero-order chi connectivity index (χ0) is 19.1. The van der Waals surface area contributed by atoms with E-state index >= 15 is 0 Å².